The summed E-state index contributed by atoms with van der Waals surface area (Å²) in [5.41, 5.74) is 5.13. The third-order valence-corrected chi connectivity index (χ3v) is 6.70. The quantitative estimate of drug-likeness (QED) is 0.645. The largest absolute Gasteiger partial charge is 0.509 e. The fraction of sp³-hybridized carbons (Fsp3) is 0.423. The molecular formula is C26H33NO3. The van der Waals surface area contributed by atoms with Crippen LogP contribution in [0, 0.1) is 19.8 Å². The van der Waals surface area contributed by atoms with Crippen LogP contribution in [0.1, 0.15) is 55.7 Å². The third kappa shape index (κ3) is 4.01. The van der Waals surface area contributed by atoms with Gasteiger partial charge in [0.2, 0.25) is 0 Å². The topological polar surface area (TPSA) is 69.6 Å². The predicted octanol–water partition coefficient (Wildman–Crippen LogP) is 5.32. The van der Waals surface area contributed by atoms with Gasteiger partial charge in [0.15, 0.2) is 0 Å². The molecule has 4 rings (SSSR count). The van der Waals surface area contributed by atoms with Crippen molar-refractivity contribution in [1.82, 2.24) is 5.32 Å². The molecule has 0 radical (unpaired) electrons. The molecule has 160 valence electrons. The number of hydrogen-bond acceptors (Lipinski definition) is 3. The molecule has 0 aromatic heterocycles. The van der Waals surface area contributed by atoms with Gasteiger partial charge in [-0.15, -0.1) is 0 Å². The molecule has 1 spiro atoms. The predicted molar refractivity (Wildman–Crippen MR) is 122 cm³/mol. The summed E-state index contributed by atoms with van der Waals surface area (Å²) < 4.78 is 0. The second kappa shape index (κ2) is 9.05. The van der Waals surface area contributed by atoms with Gasteiger partial charge in [-0.3, -0.25) is 4.79 Å². The molecule has 3 N–H and O–H groups in total. The summed E-state index contributed by atoms with van der Waals surface area (Å²) in [4.78, 5) is 12.9. The van der Waals surface area contributed by atoms with Crippen molar-refractivity contribution >= 4 is 11.5 Å². The van der Waals surface area contributed by atoms with Crippen molar-refractivity contribution in [2.45, 2.75) is 58.4 Å². The zero-order chi connectivity index (χ0) is 21.9. The Morgan fingerprint density at radius 2 is 1.60 bits per heavy atom. The molecule has 4 heteroatoms. The number of amides is 1. The van der Waals surface area contributed by atoms with E-state index >= 15 is 0 Å². The molecule has 2 aromatic rings. The zero-order valence-corrected chi connectivity index (χ0v) is 18.5. The summed E-state index contributed by atoms with van der Waals surface area (Å²) in [7, 11) is 1.00. The SMILES string of the molecule is CCC1CCC2(CC1)NC(=O)C(c1cc(-c3ccc(C)cc3)ccc1C)=C2O.CO. The summed E-state index contributed by atoms with van der Waals surface area (Å²) in [6.07, 6.45) is 4.92. The first-order chi connectivity index (χ1) is 14.4. The Labute approximate surface area is 179 Å². The molecule has 1 aliphatic heterocycles. The normalized spacial score (nSPS) is 23.2. The highest BCUT2D eigenvalue weighted by Gasteiger charge is 2.47. The number of aliphatic hydroxyl groups excluding tert-OH is 2. The molecule has 30 heavy (non-hydrogen) atoms. The minimum Gasteiger partial charge on any atom is -0.509 e. The van der Waals surface area contributed by atoms with Crippen molar-refractivity contribution in [2.24, 2.45) is 5.92 Å². The van der Waals surface area contributed by atoms with Gasteiger partial charge in [-0.25, -0.2) is 0 Å². The van der Waals surface area contributed by atoms with E-state index in [0.717, 1.165) is 55.0 Å². The smallest absolute Gasteiger partial charge is 0.256 e. The third-order valence-electron chi connectivity index (χ3n) is 6.70. The van der Waals surface area contributed by atoms with E-state index in [0.29, 0.717) is 11.5 Å². The minimum absolute atomic E-state index is 0.142. The van der Waals surface area contributed by atoms with E-state index in [4.69, 9.17) is 5.11 Å². The summed E-state index contributed by atoms with van der Waals surface area (Å²) in [5, 5.41) is 21.3. The van der Waals surface area contributed by atoms with Crippen LogP contribution >= 0.6 is 0 Å². The summed E-state index contributed by atoms with van der Waals surface area (Å²) >= 11 is 0. The van der Waals surface area contributed by atoms with Crippen LogP contribution in [0.4, 0.5) is 0 Å². The van der Waals surface area contributed by atoms with E-state index in [9.17, 15) is 9.90 Å². The van der Waals surface area contributed by atoms with Gasteiger partial charge in [0.1, 0.15) is 5.76 Å². The molecule has 1 heterocycles. The lowest BCUT2D eigenvalue weighted by molar-refractivity contribution is -0.116. The standard InChI is InChI=1S/C25H29NO2.CH4O/c1-4-18-11-13-25(14-12-18)23(27)22(24(28)26-25)21-15-20(10-7-17(21)3)19-8-5-16(2)6-9-19;1-2/h5-10,15,18,27H,4,11-14H2,1-3H3,(H,26,28);2H,1H3. The van der Waals surface area contributed by atoms with E-state index in [2.05, 4.69) is 49.5 Å². The number of benzene rings is 2. The van der Waals surface area contributed by atoms with Crippen molar-refractivity contribution in [3.63, 3.8) is 0 Å². The van der Waals surface area contributed by atoms with E-state index in [1.165, 1.54) is 12.0 Å². The van der Waals surface area contributed by atoms with Crippen LogP contribution in [0.15, 0.2) is 48.2 Å². The van der Waals surface area contributed by atoms with Gasteiger partial charge in [0, 0.05) is 7.11 Å². The van der Waals surface area contributed by atoms with Crippen molar-refractivity contribution in [3.8, 4) is 11.1 Å². The molecule has 0 saturated heterocycles. The lowest BCUT2D eigenvalue weighted by atomic mass is 9.75. The zero-order valence-electron chi connectivity index (χ0n) is 18.5. The molecule has 1 saturated carbocycles. The van der Waals surface area contributed by atoms with Gasteiger partial charge in [-0.2, -0.15) is 0 Å². The van der Waals surface area contributed by atoms with Crippen LogP contribution in [-0.2, 0) is 4.79 Å². The monoisotopic (exact) mass is 407 g/mol. The van der Waals surface area contributed by atoms with Gasteiger partial charge >= 0.3 is 0 Å². The molecule has 1 aliphatic carbocycles. The summed E-state index contributed by atoms with van der Waals surface area (Å²) in [5.74, 6) is 0.804. The van der Waals surface area contributed by atoms with Gasteiger partial charge < -0.3 is 15.5 Å². The van der Waals surface area contributed by atoms with Crippen LogP contribution in [-0.4, -0.2) is 28.8 Å². The second-order valence-electron chi connectivity index (χ2n) is 8.51. The minimum atomic E-state index is -0.565. The number of aliphatic hydroxyl groups is 2. The average molecular weight is 408 g/mol. The number of carbonyl (C=O) groups excluding carboxylic acids is 1. The van der Waals surface area contributed by atoms with Crippen molar-refractivity contribution in [3.05, 3.63) is 64.9 Å². The van der Waals surface area contributed by atoms with Crippen molar-refractivity contribution < 1.29 is 15.0 Å². The van der Waals surface area contributed by atoms with Crippen LogP contribution in [0.3, 0.4) is 0 Å². The van der Waals surface area contributed by atoms with E-state index < -0.39 is 5.54 Å². The Kier molecular flexibility index (Phi) is 6.67. The molecular weight excluding hydrogens is 374 g/mol. The highest BCUT2D eigenvalue weighted by atomic mass is 16.3. The highest BCUT2D eigenvalue weighted by molar-refractivity contribution is 6.23. The van der Waals surface area contributed by atoms with Gasteiger partial charge in [0.05, 0.1) is 11.1 Å². The van der Waals surface area contributed by atoms with Gasteiger partial charge in [-0.05, 0) is 73.8 Å². The van der Waals surface area contributed by atoms with Gasteiger partial charge in [-0.1, -0.05) is 55.3 Å². The second-order valence-corrected chi connectivity index (χ2v) is 8.51. The highest BCUT2D eigenvalue weighted by Crippen LogP contribution is 2.44. The molecule has 1 amide bonds. The molecule has 2 aromatic carbocycles. The molecule has 0 atom stereocenters. The van der Waals surface area contributed by atoms with Crippen molar-refractivity contribution in [1.29, 1.82) is 0 Å². The molecule has 0 bridgehead atoms. The maximum absolute atomic E-state index is 12.9. The molecule has 4 nitrogen and oxygen atoms in total. The van der Waals surface area contributed by atoms with Crippen LogP contribution in [0.25, 0.3) is 16.7 Å². The lowest BCUT2D eigenvalue weighted by Gasteiger charge is -2.36. The van der Waals surface area contributed by atoms with E-state index in [1.54, 1.807) is 0 Å². The maximum atomic E-state index is 12.9. The van der Waals surface area contributed by atoms with Gasteiger partial charge in [0.25, 0.3) is 5.91 Å². The van der Waals surface area contributed by atoms with Crippen LogP contribution < -0.4 is 5.32 Å². The fourth-order valence-corrected chi connectivity index (χ4v) is 4.69. The van der Waals surface area contributed by atoms with E-state index in [-0.39, 0.29) is 11.7 Å². The number of aryl methyl sites for hydroxylation is 2. The summed E-state index contributed by atoms with van der Waals surface area (Å²) in [6.45, 7) is 6.29. The van der Waals surface area contributed by atoms with Crippen molar-refractivity contribution in [2.75, 3.05) is 7.11 Å². The van der Waals surface area contributed by atoms with Crippen LogP contribution in [0.2, 0.25) is 0 Å². The lowest BCUT2D eigenvalue weighted by Crippen LogP contribution is -2.47. The first-order valence-electron chi connectivity index (χ1n) is 10.8. The Morgan fingerprint density at radius 1 is 1.00 bits per heavy atom. The molecule has 2 aliphatic rings. The average Bonchev–Trinajstić information content (AvgIpc) is 3.00. The Morgan fingerprint density at radius 3 is 2.20 bits per heavy atom. The first kappa shape index (κ1) is 22.1. The number of hydrogen-bond donors (Lipinski definition) is 3. The van der Waals surface area contributed by atoms with E-state index in [1.807, 2.05) is 19.1 Å². The summed E-state index contributed by atoms with van der Waals surface area (Å²) in [6, 6.07) is 14.5. The maximum Gasteiger partial charge on any atom is 0.256 e. The number of rotatable bonds is 3. The molecule has 1 fully saturated rings. The Bertz CT molecular complexity index is 935. The van der Waals surface area contributed by atoms with Crippen LogP contribution in [0.5, 0.6) is 0 Å². The Hall–Kier alpha value is -2.59. The molecule has 0 unspecified atom stereocenters. The Balaban J connectivity index is 0.00000124. The first-order valence-corrected chi connectivity index (χ1v) is 10.8. The fourth-order valence-electron chi connectivity index (χ4n) is 4.69. The number of nitrogens with one attached hydrogen (secondary N) is 1. The number of carbonyl (C=O) groups is 1.